The molecule has 2 aromatic carbocycles. The minimum Gasteiger partial charge on any atom is -0.481 e. The van der Waals surface area contributed by atoms with Gasteiger partial charge >= 0.3 is 11.7 Å². The van der Waals surface area contributed by atoms with Crippen molar-refractivity contribution < 1.29 is 14.3 Å². The van der Waals surface area contributed by atoms with Crippen LogP contribution in [0.1, 0.15) is 44.1 Å². The van der Waals surface area contributed by atoms with Gasteiger partial charge in [0.05, 0.1) is 17.6 Å². The summed E-state index contributed by atoms with van der Waals surface area (Å²) in [5.74, 6) is -1.04. The molecular formula is C22H25FN2NaO3. The van der Waals surface area contributed by atoms with Crippen molar-refractivity contribution in [3.05, 3.63) is 70.4 Å². The number of halogens is 1. The van der Waals surface area contributed by atoms with Crippen LogP contribution in [-0.2, 0) is 17.9 Å². The van der Waals surface area contributed by atoms with Crippen LogP contribution in [0.5, 0.6) is 0 Å². The first-order chi connectivity index (χ1) is 13.6. The van der Waals surface area contributed by atoms with Crippen LogP contribution in [0, 0.1) is 5.82 Å². The Morgan fingerprint density at radius 3 is 2.10 bits per heavy atom. The molecule has 5 nitrogen and oxygen atoms in total. The molecule has 1 N–H and O–H groups in total. The maximum absolute atomic E-state index is 13.2. The molecule has 0 saturated heterocycles. The van der Waals surface area contributed by atoms with Gasteiger partial charge in [-0.25, -0.2) is 9.18 Å². The maximum Gasteiger partial charge on any atom is 0.329 e. The molecule has 0 unspecified atom stereocenters. The van der Waals surface area contributed by atoms with Gasteiger partial charge in [0.1, 0.15) is 5.82 Å². The summed E-state index contributed by atoms with van der Waals surface area (Å²) in [6, 6.07) is 13.9. The zero-order valence-electron chi connectivity index (χ0n) is 16.8. The first-order valence-corrected chi connectivity index (χ1v) is 9.70. The van der Waals surface area contributed by atoms with Crippen LogP contribution >= 0.6 is 0 Å². The summed E-state index contributed by atoms with van der Waals surface area (Å²) in [6.07, 6.45) is 4.62. The van der Waals surface area contributed by atoms with Gasteiger partial charge in [-0.2, -0.15) is 0 Å². The molecule has 149 valence electrons. The minimum atomic E-state index is -0.750. The number of carboxylic acid groups (broad SMARTS) is 1. The molecule has 3 aromatic rings. The van der Waals surface area contributed by atoms with Gasteiger partial charge in [-0.3, -0.25) is 13.9 Å². The largest absolute Gasteiger partial charge is 0.481 e. The van der Waals surface area contributed by atoms with Crippen LogP contribution in [0.2, 0.25) is 0 Å². The summed E-state index contributed by atoms with van der Waals surface area (Å²) >= 11 is 0. The van der Waals surface area contributed by atoms with E-state index in [1.165, 1.54) is 12.1 Å². The third kappa shape index (κ3) is 6.29. The van der Waals surface area contributed by atoms with Gasteiger partial charge in [-0.05, 0) is 42.7 Å². The van der Waals surface area contributed by atoms with E-state index in [9.17, 15) is 14.0 Å². The number of aryl methyl sites for hydroxylation is 1. The van der Waals surface area contributed by atoms with Crippen LogP contribution in [0.15, 0.2) is 53.3 Å². The van der Waals surface area contributed by atoms with Crippen molar-refractivity contribution in [2.24, 2.45) is 0 Å². The molecule has 0 saturated carbocycles. The Balaban J connectivity index is 0.00000300. The van der Waals surface area contributed by atoms with Gasteiger partial charge in [0, 0.05) is 42.5 Å². The smallest absolute Gasteiger partial charge is 0.329 e. The van der Waals surface area contributed by atoms with Crippen LogP contribution in [0.3, 0.4) is 0 Å². The molecule has 0 aliphatic rings. The molecule has 0 bridgehead atoms. The number of hydrogen-bond acceptors (Lipinski definition) is 2. The fourth-order valence-corrected chi connectivity index (χ4v) is 3.49. The normalized spacial score (nSPS) is 10.8. The van der Waals surface area contributed by atoms with Crippen molar-refractivity contribution in [1.82, 2.24) is 9.13 Å². The number of rotatable bonds is 10. The van der Waals surface area contributed by atoms with Gasteiger partial charge < -0.3 is 5.11 Å². The van der Waals surface area contributed by atoms with Crippen LogP contribution in [0.25, 0.3) is 11.0 Å². The average Bonchev–Trinajstić information content (AvgIpc) is 2.94. The Hall–Kier alpha value is -1.89. The number of para-hydroxylation sites is 2. The van der Waals surface area contributed by atoms with Gasteiger partial charge in [0.2, 0.25) is 0 Å². The number of fused-ring (bicyclic) bond motifs is 1. The summed E-state index contributed by atoms with van der Waals surface area (Å²) in [4.78, 5) is 23.5. The molecule has 7 heteroatoms. The average molecular weight is 407 g/mol. The Labute approximate surface area is 191 Å². The molecular weight excluding hydrogens is 382 g/mol. The molecule has 0 atom stereocenters. The van der Waals surface area contributed by atoms with E-state index in [-0.39, 0.29) is 47.5 Å². The molecule has 0 aliphatic heterocycles. The molecule has 1 heterocycles. The predicted molar refractivity (Wildman–Crippen MR) is 113 cm³/mol. The fourth-order valence-electron chi connectivity index (χ4n) is 3.49. The molecule has 0 aliphatic carbocycles. The number of carbonyl (C=O) groups is 1. The summed E-state index contributed by atoms with van der Waals surface area (Å²) in [5.41, 5.74) is 2.60. The van der Waals surface area contributed by atoms with E-state index in [0.717, 1.165) is 42.3 Å². The molecule has 0 spiro atoms. The van der Waals surface area contributed by atoms with E-state index < -0.39 is 5.97 Å². The standard InChI is InChI=1S/C22H25FN2O3.Na/c23-18-13-11-17(12-14-18)16-25-20-9-6-5-8-19(20)24(22(25)28)15-7-3-1-2-4-10-21(26)27;/h5-6,8-9,11-14H,1-4,7,10,15-16H2,(H,26,27);. The van der Waals surface area contributed by atoms with Crippen molar-refractivity contribution >= 4 is 46.6 Å². The summed E-state index contributed by atoms with van der Waals surface area (Å²) < 4.78 is 16.7. The van der Waals surface area contributed by atoms with Crippen molar-refractivity contribution in [2.45, 2.75) is 51.6 Å². The molecule has 29 heavy (non-hydrogen) atoms. The Morgan fingerprint density at radius 2 is 1.45 bits per heavy atom. The first-order valence-electron chi connectivity index (χ1n) is 9.70. The Morgan fingerprint density at radius 1 is 0.862 bits per heavy atom. The van der Waals surface area contributed by atoms with E-state index in [4.69, 9.17) is 5.11 Å². The molecule has 3 rings (SSSR count). The number of benzene rings is 2. The van der Waals surface area contributed by atoms with Crippen molar-refractivity contribution in [2.75, 3.05) is 0 Å². The zero-order chi connectivity index (χ0) is 19.9. The Kier molecular flexibility index (Phi) is 9.14. The van der Waals surface area contributed by atoms with Crippen LogP contribution in [0.4, 0.5) is 4.39 Å². The Bertz CT molecular complexity index is 995. The third-order valence-electron chi connectivity index (χ3n) is 4.95. The number of aromatic nitrogens is 2. The second-order valence-electron chi connectivity index (χ2n) is 7.05. The van der Waals surface area contributed by atoms with E-state index in [1.54, 1.807) is 21.3 Å². The second-order valence-corrected chi connectivity index (χ2v) is 7.05. The minimum absolute atomic E-state index is 0. The number of nitrogens with zero attached hydrogens (tertiary/aromatic N) is 2. The molecule has 1 aromatic heterocycles. The quantitative estimate of drug-likeness (QED) is 0.408. The van der Waals surface area contributed by atoms with Crippen molar-refractivity contribution in [3.63, 3.8) is 0 Å². The molecule has 0 amide bonds. The summed E-state index contributed by atoms with van der Waals surface area (Å²) in [5, 5.41) is 8.66. The fraction of sp³-hybridized carbons (Fsp3) is 0.364. The maximum atomic E-state index is 13.2. The topological polar surface area (TPSA) is 64.2 Å². The number of carboxylic acids is 1. The molecule has 1 radical (unpaired) electrons. The molecule has 0 fully saturated rings. The number of unbranched alkanes of at least 4 members (excludes halogenated alkanes) is 4. The number of hydrogen-bond donors (Lipinski definition) is 1. The van der Waals surface area contributed by atoms with Crippen LogP contribution in [-0.4, -0.2) is 49.8 Å². The first kappa shape index (κ1) is 23.4. The van der Waals surface area contributed by atoms with Gasteiger partial charge in [-0.15, -0.1) is 0 Å². The zero-order valence-corrected chi connectivity index (χ0v) is 18.8. The summed E-state index contributed by atoms with van der Waals surface area (Å²) in [7, 11) is 0. The van der Waals surface area contributed by atoms with Crippen LogP contribution < -0.4 is 5.69 Å². The van der Waals surface area contributed by atoms with Gasteiger partial charge in [0.25, 0.3) is 0 Å². The number of aliphatic carboxylic acids is 1. The van der Waals surface area contributed by atoms with E-state index >= 15 is 0 Å². The van der Waals surface area contributed by atoms with E-state index in [1.807, 2.05) is 24.3 Å². The van der Waals surface area contributed by atoms with E-state index in [2.05, 4.69) is 0 Å². The monoisotopic (exact) mass is 407 g/mol. The third-order valence-corrected chi connectivity index (χ3v) is 4.95. The van der Waals surface area contributed by atoms with Crippen molar-refractivity contribution in [3.8, 4) is 0 Å². The summed E-state index contributed by atoms with van der Waals surface area (Å²) in [6.45, 7) is 1.04. The van der Waals surface area contributed by atoms with Gasteiger partial charge in [0.15, 0.2) is 0 Å². The van der Waals surface area contributed by atoms with Crippen molar-refractivity contribution in [1.29, 1.82) is 0 Å². The van der Waals surface area contributed by atoms with Gasteiger partial charge in [-0.1, -0.05) is 43.5 Å². The second kappa shape index (κ2) is 11.3. The predicted octanol–water partition coefficient (Wildman–Crippen LogP) is 4.03. The number of imidazole rings is 1. The van der Waals surface area contributed by atoms with E-state index in [0.29, 0.717) is 19.5 Å². The SMILES string of the molecule is O=C(O)CCCCCCCn1c(=O)n(Cc2ccc(F)cc2)c2ccccc21.[Na].